The molecular weight excluding hydrogens is 292 g/mol. The van der Waals surface area contributed by atoms with Crippen molar-refractivity contribution in [3.63, 3.8) is 0 Å². The van der Waals surface area contributed by atoms with Gasteiger partial charge in [-0.25, -0.2) is 18.6 Å². The van der Waals surface area contributed by atoms with E-state index in [1.165, 1.54) is 0 Å². The summed E-state index contributed by atoms with van der Waals surface area (Å²) in [5.41, 5.74) is 0.192. The molecule has 2 heterocycles. The Morgan fingerprint density at radius 1 is 1.50 bits per heavy atom. The zero-order chi connectivity index (χ0) is 16.5. The molecule has 1 aromatic heterocycles. The molecule has 1 amide bonds. The smallest absolute Gasteiger partial charge is 0.410 e. The number of nitrogens with zero attached hydrogens (tertiary/aromatic N) is 3. The molecule has 1 aromatic rings. The van der Waals surface area contributed by atoms with Gasteiger partial charge in [0.1, 0.15) is 5.60 Å². The highest BCUT2D eigenvalue weighted by molar-refractivity contribution is 5.69. The first kappa shape index (κ1) is 16.7. The van der Waals surface area contributed by atoms with Gasteiger partial charge < -0.3 is 9.30 Å². The van der Waals surface area contributed by atoms with Crippen LogP contribution in [0.25, 0.3) is 0 Å². The summed E-state index contributed by atoms with van der Waals surface area (Å²) in [6, 6.07) is -0.594. The van der Waals surface area contributed by atoms with Crippen LogP contribution in [0.4, 0.5) is 13.6 Å². The number of alkyl halides is 2. The highest BCUT2D eigenvalue weighted by atomic mass is 19.3. The normalized spacial score (nSPS) is 21.2. The van der Waals surface area contributed by atoms with Gasteiger partial charge in [-0.05, 0) is 27.2 Å². The Morgan fingerprint density at radius 3 is 2.73 bits per heavy atom. The Morgan fingerprint density at radius 2 is 2.18 bits per heavy atom. The summed E-state index contributed by atoms with van der Waals surface area (Å²) < 4.78 is 34.5. The number of imidazole rings is 1. The average molecular weight is 315 g/mol. The SMILES string of the molecule is CCc1cn(C[C@@H]2CC(F)(F)CN2C(=O)OC(C)(C)C)cn1. The topological polar surface area (TPSA) is 47.4 Å². The van der Waals surface area contributed by atoms with Gasteiger partial charge in [0.15, 0.2) is 0 Å². The molecule has 124 valence electrons. The molecule has 0 bridgehead atoms. The minimum absolute atomic E-state index is 0.293. The van der Waals surface area contributed by atoms with Crippen molar-refractivity contribution in [2.75, 3.05) is 6.54 Å². The molecule has 0 aromatic carbocycles. The molecule has 1 saturated heterocycles. The molecule has 2 rings (SSSR count). The van der Waals surface area contributed by atoms with Crippen LogP contribution in [0.15, 0.2) is 12.5 Å². The first-order valence-corrected chi connectivity index (χ1v) is 7.48. The predicted molar refractivity (Wildman–Crippen MR) is 77.9 cm³/mol. The van der Waals surface area contributed by atoms with E-state index < -0.39 is 30.2 Å². The van der Waals surface area contributed by atoms with Gasteiger partial charge in [-0.1, -0.05) is 6.92 Å². The lowest BCUT2D eigenvalue weighted by atomic mass is 10.2. The van der Waals surface area contributed by atoms with E-state index in [1.54, 1.807) is 31.7 Å². The second-order valence-electron chi connectivity index (χ2n) is 6.74. The summed E-state index contributed by atoms with van der Waals surface area (Å²) in [5, 5.41) is 0. The highest BCUT2D eigenvalue weighted by Crippen LogP contribution is 2.33. The van der Waals surface area contributed by atoms with Crippen LogP contribution in [0.3, 0.4) is 0 Å². The first-order chi connectivity index (χ1) is 10.1. The molecule has 0 aliphatic carbocycles. The fraction of sp³-hybridized carbons (Fsp3) is 0.733. The Bertz CT molecular complexity index is 537. The van der Waals surface area contributed by atoms with Gasteiger partial charge in [-0.15, -0.1) is 0 Å². The highest BCUT2D eigenvalue weighted by Gasteiger charge is 2.48. The number of carbonyl (C=O) groups is 1. The fourth-order valence-electron chi connectivity index (χ4n) is 2.53. The Labute approximate surface area is 129 Å². The second kappa shape index (κ2) is 5.85. The van der Waals surface area contributed by atoms with Crippen LogP contribution >= 0.6 is 0 Å². The standard InChI is InChI=1S/C15H23F2N3O2/c1-5-11-7-19(10-18-11)8-12-6-15(16,17)9-20(12)13(21)22-14(2,3)4/h7,10,12H,5-6,8-9H2,1-4H3/t12-/m0/s1. The van der Waals surface area contributed by atoms with Crippen molar-refractivity contribution >= 4 is 6.09 Å². The van der Waals surface area contributed by atoms with Gasteiger partial charge in [0.2, 0.25) is 0 Å². The fourth-order valence-corrected chi connectivity index (χ4v) is 2.53. The Balaban J connectivity index is 2.10. The minimum atomic E-state index is -2.88. The van der Waals surface area contributed by atoms with Crippen molar-refractivity contribution in [2.24, 2.45) is 0 Å². The number of aryl methyl sites for hydroxylation is 1. The van der Waals surface area contributed by atoms with Crippen LogP contribution in [0.1, 0.15) is 39.8 Å². The van der Waals surface area contributed by atoms with E-state index in [4.69, 9.17) is 4.74 Å². The number of aromatic nitrogens is 2. The maximum Gasteiger partial charge on any atom is 0.410 e. The molecule has 0 radical (unpaired) electrons. The molecular formula is C15H23F2N3O2. The number of rotatable bonds is 3. The van der Waals surface area contributed by atoms with Crippen LogP contribution in [-0.2, 0) is 17.7 Å². The molecule has 22 heavy (non-hydrogen) atoms. The van der Waals surface area contributed by atoms with Gasteiger partial charge >= 0.3 is 6.09 Å². The van der Waals surface area contributed by atoms with Crippen molar-refractivity contribution < 1.29 is 18.3 Å². The average Bonchev–Trinajstić information content (AvgIpc) is 2.91. The molecule has 0 unspecified atom stereocenters. The summed E-state index contributed by atoms with van der Waals surface area (Å²) in [6.07, 6.45) is 3.17. The zero-order valence-corrected chi connectivity index (χ0v) is 13.5. The van der Waals surface area contributed by atoms with E-state index in [0.717, 1.165) is 17.0 Å². The van der Waals surface area contributed by atoms with Crippen LogP contribution in [0.2, 0.25) is 0 Å². The van der Waals surface area contributed by atoms with Crippen LogP contribution in [-0.4, -0.2) is 44.7 Å². The molecule has 0 N–H and O–H groups in total. The number of carbonyl (C=O) groups excluding carboxylic acids is 1. The molecule has 0 spiro atoms. The van der Waals surface area contributed by atoms with Gasteiger partial charge in [-0.2, -0.15) is 0 Å². The number of likely N-dealkylation sites (tertiary alicyclic amines) is 1. The number of amides is 1. The number of hydrogen-bond acceptors (Lipinski definition) is 3. The maximum absolute atomic E-state index is 13.7. The van der Waals surface area contributed by atoms with Gasteiger partial charge in [0.25, 0.3) is 5.92 Å². The van der Waals surface area contributed by atoms with Crippen LogP contribution < -0.4 is 0 Å². The van der Waals surface area contributed by atoms with E-state index in [2.05, 4.69) is 4.98 Å². The third-order valence-corrected chi connectivity index (χ3v) is 3.48. The predicted octanol–water partition coefficient (Wildman–Crippen LogP) is 3.09. The van der Waals surface area contributed by atoms with E-state index in [-0.39, 0.29) is 6.42 Å². The molecule has 1 fully saturated rings. The van der Waals surface area contributed by atoms with Crippen LogP contribution in [0.5, 0.6) is 0 Å². The summed E-state index contributed by atoms with van der Waals surface area (Å²) in [7, 11) is 0. The number of hydrogen-bond donors (Lipinski definition) is 0. The van der Waals surface area contributed by atoms with Gasteiger partial charge in [-0.3, -0.25) is 4.90 Å². The second-order valence-corrected chi connectivity index (χ2v) is 6.74. The van der Waals surface area contributed by atoms with Crippen molar-refractivity contribution in [1.82, 2.24) is 14.5 Å². The van der Waals surface area contributed by atoms with Gasteiger partial charge in [0, 0.05) is 19.2 Å². The first-order valence-electron chi connectivity index (χ1n) is 7.48. The summed E-state index contributed by atoms with van der Waals surface area (Å²) >= 11 is 0. The van der Waals surface area contributed by atoms with Crippen molar-refractivity contribution in [3.8, 4) is 0 Å². The zero-order valence-electron chi connectivity index (χ0n) is 13.5. The molecule has 0 saturated carbocycles. The van der Waals surface area contributed by atoms with Gasteiger partial charge in [0.05, 0.1) is 24.6 Å². The van der Waals surface area contributed by atoms with Crippen LogP contribution in [0, 0.1) is 0 Å². The largest absolute Gasteiger partial charge is 0.444 e. The summed E-state index contributed by atoms with van der Waals surface area (Å²) in [6.45, 7) is 6.83. The van der Waals surface area contributed by atoms with E-state index in [1.807, 2.05) is 13.1 Å². The van der Waals surface area contributed by atoms with E-state index >= 15 is 0 Å². The lowest BCUT2D eigenvalue weighted by molar-refractivity contribution is -0.00251. The molecule has 7 heteroatoms. The lowest BCUT2D eigenvalue weighted by Gasteiger charge is -2.28. The molecule has 5 nitrogen and oxygen atoms in total. The third kappa shape index (κ3) is 4.18. The summed E-state index contributed by atoms with van der Waals surface area (Å²) in [5.74, 6) is -2.88. The summed E-state index contributed by atoms with van der Waals surface area (Å²) in [4.78, 5) is 17.5. The quantitative estimate of drug-likeness (QED) is 0.861. The number of halogens is 2. The van der Waals surface area contributed by atoms with E-state index in [9.17, 15) is 13.6 Å². The molecule has 1 aliphatic rings. The Hall–Kier alpha value is -1.66. The third-order valence-electron chi connectivity index (χ3n) is 3.48. The minimum Gasteiger partial charge on any atom is -0.444 e. The van der Waals surface area contributed by atoms with Crippen molar-refractivity contribution in [2.45, 2.75) is 64.6 Å². The van der Waals surface area contributed by atoms with Crippen molar-refractivity contribution in [1.29, 1.82) is 0 Å². The molecule has 1 atom stereocenters. The van der Waals surface area contributed by atoms with Crippen molar-refractivity contribution in [3.05, 3.63) is 18.2 Å². The monoisotopic (exact) mass is 315 g/mol. The lowest BCUT2D eigenvalue weighted by Crippen LogP contribution is -2.42. The van der Waals surface area contributed by atoms with E-state index in [0.29, 0.717) is 6.54 Å². The molecule has 1 aliphatic heterocycles. The maximum atomic E-state index is 13.7. The number of ether oxygens (including phenoxy) is 1. The Kier molecular flexibility index (Phi) is 4.44.